The summed E-state index contributed by atoms with van der Waals surface area (Å²) in [5.41, 5.74) is 0.921. The molecule has 1 amide bonds. The van der Waals surface area contributed by atoms with Crippen molar-refractivity contribution in [2.45, 2.75) is 29.8 Å². The van der Waals surface area contributed by atoms with Gasteiger partial charge in [-0.15, -0.1) is 5.10 Å². The second kappa shape index (κ2) is 6.94. The second-order valence-electron chi connectivity index (χ2n) is 5.70. The lowest BCUT2D eigenvalue weighted by atomic mass is 10.2. The lowest BCUT2D eigenvalue weighted by Crippen LogP contribution is -2.39. The van der Waals surface area contributed by atoms with Gasteiger partial charge in [0.05, 0.1) is 16.8 Å². The van der Waals surface area contributed by atoms with Crippen molar-refractivity contribution in [1.82, 2.24) is 20.5 Å². The highest BCUT2D eigenvalue weighted by molar-refractivity contribution is 8.00. The topological polar surface area (TPSA) is 105 Å². The normalized spacial score (nSPS) is 20.6. The Morgan fingerprint density at radius 3 is 2.79 bits per heavy atom. The Morgan fingerprint density at radius 1 is 1.38 bits per heavy atom. The Bertz CT molecular complexity index is 820. The molecular weight excluding hydrogens is 348 g/mol. The van der Waals surface area contributed by atoms with Crippen LogP contribution in [0.2, 0.25) is 0 Å². The highest BCUT2D eigenvalue weighted by Crippen LogP contribution is 2.23. The second-order valence-corrected chi connectivity index (χ2v) is 9.24. The van der Waals surface area contributed by atoms with E-state index in [0.29, 0.717) is 17.4 Å². The SMILES string of the molecule is C[C@@H](Sc1n[nH]c(-c2ccccc2)n1)C(=O)N[C@H]1CCS(=O)(=O)C1. The molecule has 9 heteroatoms. The van der Waals surface area contributed by atoms with Crippen molar-refractivity contribution in [2.75, 3.05) is 11.5 Å². The maximum Gasteiger partial charge on any atom is 0.233 e. The van der Waals surface area contributed by atoms with Crippen molar-refractivity contribution in [3.8, 4) is 11.4 Å². The zero-order valence-corrected chi connectivity index (χ0v) is 14.7. The first-order chi connectivity index (χ1) is 11.4. The molecule has 1 aliphatic rings. The number of carbonyl (C=O) groups is 1. The molecule has 24 heavy (non-hydrogen) atoms. The van der Waals surface area contributed by atoms with Crippen molar-refractivity contribution < 1.29 is 13.2 Å². The summed E-state index contributed by atoms with van der Waals surface area (Å²) in [6.07, 6.45) is 0.476. The van der Waals surface area contributed by atoms with Gasteiger partial charge in [-0.05, 0) is 13.3 Å². The van der Waals surface area contributed by atoms with Gasteiger partial charge in [0, 0.05) is 11.6 Å². The highest BCUT2D eigenvalue weighted by atomic mass is 32.2. The van der Waals surface area contributed by atoms with Gasteiger partial charge in [-0.2, -0.15) is 0 Å². The number of H-pyrrole nitrogens is 1. The number of benzene rings is 1. The van der Waals surface area contributed by atoms with Gasteiger partial charge in [0.2, 0.25) is 11.1 Å². The number of sulfone groups is 1. The maximum atomic E-state index is 12.2. The third-order valence-electron chi connectivity index (χ3n) is 3.74. The molecule has 0 unspecified atom stereocenters. The first kappa shape index (κ1) is 17.0. The smallest absolute Gasteiger partial charge is 0.233 e. The summed E-state index contributed by atoms with van der Waals surface area (Å²) >= 11 is 1.24. The minimum atomic E-state index is -3.00. The summed E-state index contributed by atoms with van der Waals surface area (Å²) in [6, 6.07) is 9.30. The number of hydrogen-bond donors (Lipinski definition) is 2. The molecule has 1 aliphatic heterocycles. The zero-order valence-electron chi connectivity index (χ0n) is 13.1. The van der Waals surface area contributed by atoms with Crippen molar-refractivity contribution in [2.24, 2.45) is 0 Å². The van der Waals surface area contributed by atoms with Crippen molar-refractivity contribution in [1.29, 1.82) is 0 Å². The van der Waals surface area contributed by atoms with Gasteiger partial charge in [0.25, 0.3) is 0 Å². The first-order valence-electron chi connectivity index (χ1n) is 7.58. The maximum absolute atomic E-state index is 12.2. The molecule has 7 nitrogen and oxygen atoms in total. The van der Waals surface area contributed by atoms with Gasteiger partial charge < -0.3 is 5.32 Å². The van der Waals surface area contributed by atoms with Crippen molar-refractivity contribution >= 4 is 27.5 Å². The van der Waals surface area contributed by atoms with E-state index in [-0.39, 0.29) is 23.5 Å². The summed E-state index contributed by atoms with van der Waals surface area (Å²) in [7, 11) is -3.00. The molecule has 0 bridgehead atoms. The van der Waals surface area contributed by atoms with Gasteiger partial charge in [-0.25, -0.2) is 13.4 Å². The molecule has 2 aromatic rings. The predicted octanol–water partition coefficient (Wildman–Crippen LogP) is 1.26. The van der Waals surface area contributed by atoms with Crippen LogP contribution >= 0.6 is 11.8 Å². The molecule has 0 spiro atoms. The summed E-state index contributed by atoms with van der Waals surface area (Å²) in [5.74, 6) is 0.608. The number of hydrogen-bond acceptors (Lipinski definition) is 6. The van der Waals surface area contributed by atoms with E-state index in [1.165, 1.54) is 11.8 Å². The number of aromatic nitrogens is 3. The van der Waals surface area contributed by atoms with E-state index in [1.54, 1.807) is 6.92 Å². The summed E-state index contributed by atoms with van der Waals surface area (Å²) < 4.78 is 22.9. The molecule has 1 saturated heterocycles. The third-order valence-corrected chi connectivity index (χ3v) is 6.47. The average Bonchev–Trinajstić information content (AvgIpc) is 3.14. The average molecular weight is 366 g/mol. The largest absolute Gasteiger partial charge is 0.351 e. The Balaban J connectivity index is 1.58. The lowest BCUT2D eigenvalue weighted by Gasteiger charge is -2.14. The zero-order chi connectivity index (χ0) is 17.2. The van der Waals surface area contributed by atoms with E-state index in [0.717, 1.165) is 5.56 Å². The predicted molar refractivity (Wildman–Crippen MR) is 92.3 cm³/mol. The van der Waals surface area contributed by atoms with Crippen LogP contribution in [0.25, 0.3) is 11.4 Å². The number of rotatable bonds is 5. The Labute approximate surface area is 144 Å². The van der Waals surface area contributed by atoms with Crippen LogP contribution in [0.5, 0.6) is 0 Å². The molecule has 128 valence electrons. The Kier molecular flexibility index (Phi) is 4.91. The van der Waals surface area contributed by atoms with E-state index in [2.05, 4.69) is 20.5 Å². The third kappa shape index (κ3) is 4.15. The van der Waals surface area contributed by atoms with Gasteiger partial charge in [0.15, 0.2) is 15.7 Å². The fourth-order valence-corrected chi connectivity index (χ4v) is 4.87. The molecule has 3 rings (SSSR count). The molecule has 2 heterocycles. The molecule has 0 aliphatic carbocycles. The number of aromatic amines is 1. The van der Waals surface area contributed by atoms with E-state index < -0.39 is 15.1 Å². The van der Waals surface area contributed by atoms with Gasteiger partial charge >= 0.3 is 0 Å². The van der Waals surface area contributed by atoms with Crippen LogP contribution < -0.4 is 5.32 Å². The fraction of sp³-hybridized carbons (Fsp3) is 0.400. The molecule has 2 N–H and O–H groups in total. The van der Waals surface area contributed by atoms with E-state index in [4.69, 9.17) is 0 Å². The van der Waals surface area contributed by atoms with Crippen LogP contribution in [-0.2, 0) is 14.6 Å². The van der Waals surface area contributed by atoms with Crippen LogP contribution in [0.4, 0.5) is 0 Å². The van der Waals surface area contributed by atoms with Crippen LogP contribution in [0.15, 0.2) is 35.5 Å². The number of nitrogens with zero attached hydrogens (tertiary/aromatic N) is 2. The monoisotopic (exact) mass is 366 g/mol. The van der Waals surface area contributed by atoms with Crippen LogP contribution in [0, 0.1) is 0 Å². The van der Waals surface area contributed by atoms with Crippen molar-refractivity contribution in [3.63, 3.8) is 0 Å². The fourth-order valence-electron chi connectivity index (χ4n) is 2.46. The first-order valence-corrected chi connectivity index (χ1v) is 10.3. The van der Waals surface area contributed by atoms with E-state index >= 15 is 0 Å². The Morgan fingerprint density at radius 2 is 2.12 bits per heavy atom. The molecular formula is C15H18N4O3S2. The van der Waals surface area contributed by atoms with Gasteiger partial charge in [0.1, 0.15) is 0 Å². The number of carbonyl (C=O) groups excluding carboxylic acids is 1. The van der Waals surface area contributed by atoms with Gasteiger partial charge in [-0.1, -0.05) is 42.1 Å². The number of nitrogens with one attached hydrogen (secondary N) is 2. The van der Waals surface area contributed by atoms with E-state index in [9.17, 15) is 13.2 Å². The highest BCUT2D eigenvalue weighted by Gasteiger charge is 2.30. The minimum Gasteiger partial charge on any atom is -0.351 e. The van der Waals surface area contributed by atoms with Crippen molar-refractivity contribution in [3.05, 3.63) is 30.3 Å². The summed E-state index contributed by atoms with van der Waals surface area (Å²) in [5, 5.41) is 9.84. The van der Waals surface area contributed by atoms with E-state index in [1.807, 2.05) is 30.3 Å². The van der Waals surface area contributed by atoms with Gasteiger partial charge in [-0.3, -0.25) is 9.89 Å². The summed E-state index contributed by atoms with van der Waals surface area (Å²) in [4.78, 5) is 16.6. The molecule has 2 atom stereocenters. The standard InChI is InChI=1S/C15H18N4O3S2/c1-10(14(20)16-12-7-8-24(21,22)9-12)23-15-17-13(18-19-15)11-5-3-2-4-6-11/h2-6,10,12H,7-9H2,1H3,(H,16,20)(H,17,18,19)/t10-,12+/m1/s1. The summed E-state index contributed by atoms with van der Waals surface area (Å²) in [6.45, 7) is 1.75. The van der Waals surface area contributed by atoms with Crippen LogP contribution in [-0.4, -0.2) is 52.3 Å². The quantitative estimate of drug-likeness (QED) is 0.772. The number of amides is 1. The minimum absolute atomic E-state index is 0.0228. The number of thioether (sulfide) groups is 1. The Hall–Kier alpha value is -1.87. The molecule has 1 fully saturated rings. The van der Waals surface area contributed by atoms with Crippen LogP contribution in [0.3, 0.4) is 0 Å². The molecule has 1 aromatic heterocycles. The lowest BCUT2D eigenvalue weighted by molar-refractivity contribution is -0.120. The molecule has 0 saturated carbocycles. The molecule has 1 aromatic carbocycles. The van der Waals surface area contributed by atoms with Crippen LogP contribution in [0.1, 0.15) is 13.3 Å². The molecule has 0 radical (unpaired) electrons.